The van der Waals surface area contributed by atoms with Gasteiger partial charge >= 0.3 is 0 Å². The second-order valence-corrected chi connectivity index (χ2v) is 5.26. The lowest BCUT2D eigenvalue weighted by atomic mass is 10.1. The molecule has 0 saturated heterocycles. The number of amides is 1. The third-order valence-electron chi connectivity index (χ3n) is 3.47. The second kappa shape index (κ2) is 6.70. The fraction of sp³-hybridized carbons (Fsp3) is 0.533. The van der Waals surface area contributed by atoms with Crippen molar-refractivity contribution in [1.82, 2.24) is 10.6 Å². The van der Waals surface area contributed by atoms with Crippen molar-refractivity contribution in [2.24, 2.45) is 5.92 Å². The van der Waals surface area contributed by atoms with Gasteiger partial charge in [0.25, 0.3) is 0 Å². The van der Waals surface area contributed by atoms with Gasteiger partial charge in [-0.1, -0.05) is 6.07 Å². The Morgan fingerprint density at radius 2 is 2.25 bits per heavy atom. The van der Waals surface area contributed by atoms with Crippen molar-refractivity contribution in [3.05, 3.63) is 29.6 Å². The summed E-state index contributed by atoms with van der Waals surface area (Å²) in [6.07, 6.45) is 2.52. The van der Waals surface area contributed by atoms with Crippen LogP contribution >= 0.6 is 0 Å². The molecular formula is C15H21FN2O2. The third-order valence-corrected chi connectivity index (χ3v) is 3.47. The number of nitrogens with one attached hydrogen (secondary N) is 2. The van der Waals surface area contributed by atoms with Gasteiger partial charge in [-0.15, -0.1) is 0 Å². The Balaban J connectivity index is 1.81. The molecule has 0 aromatic heterocycles. The molecular weight excluding hydrogens is 259 g/mol. The largest absolute Gasteiger partial charge is 0.494 e. The van der Waals surface area contributed by atoms with Crippen LogP contribution in [0.2, 0.25) is 0 Å². The first kappa shape index (κ1) is 14.8. The van der Waals surface area contributed by atoms with E-state index in [0.29, 0.717) is 6.54 Å². The number of carbonyl (C=O) groups is 1. The predicted octanol–water partition coefficient (Wildman–Crippen LogP) is 2.01. The van der Waals surface area contributed by atoms with Crippen molar-refractivity contribution in [3.63, 3.8) is 0 Å². The maximum atomic E-state index is 13.6. The Labute approximate surface area is 118 Å². The highest BCUT2D eigenvalue weighted by Crippen LogP contribution is 2.27. The van der Waals surface area contributed by atoms with Crippen LogP contribution < -0.4 is 15.4 Å². The number of carbonyl (C=O) groups excluding carboxylic acids is 1. The lowest BCUT2D eigenvalue weighted by molar-refractivity contribution is -0.120. The average Bonchev–Trinajstić information content (AvgIpc) is 3.22. The molecule has 20 heavy (non-hydrogen) atoms. The number of halogens is 1. The summed E-state index contributed by atoms with van der Waals surface area (Å²) in [6, 6.07) is 4.48. The molecule has 1 fully saturated rings. The van der Waals surface area contributed by atoms with E-state index in [-0.39, 0.29) is 17.7 Å². The monoisotopic (exact) mass is 280 g/mol. The van der Waals surface area contributed by atoms with Gasteiger partial charge in [-0.25, -0.2) is 4.39 Å². The summed E-state index contributed by atoms with van der Waals surface area (Å²) in [4.78, 5) is 11.7. The molecule has 0 heterocycles. The van der Waals surface area contributed by atoms with Crippen molar-refractivity contribution in [2.45, 2.75) is 25.8 Å². The number of rotatable bonds is 7. The molecule has 1 atom stereocenters. The molecule has 5 heteroatoms. The van der Waals surface area contributed by atoms with Crippen molar-refractivity contribution in [3.8, 4) is 5.75 Å². The van der Waals surface area contributed by atoms with Crippen molar-refractivity contribution >= 4 is 5.91 Å². The minimum Gasteiger partial charge on any atom is -0.494 e. The molecule has 2 N–H and O–H groups in total. The summed E-state index contributed by atoms with van der Waals surface area (Å²) in [5.41, 5.74) is 0.721. The molecule has 1 aromatic rings. The Morgan fingerprint density at radius 3 is 2.85 bits per heavy atom. The van der Waals surface area contributed by atoms with Crippen LogP contribution in [-0.4, -0.2) is 26.1 Å². The minimum atomic E-state index is -0.419. The maximum absolute atomic E-state index is 13.6. The number of benzene rings is 1. The first-order valence-corrected chi connectivity index (χ1v) is 6.93. The molecule has 1 aromatic carbocycles. The van der Waals surface area contributed by atoms with Gasteiger partial charge in [-0.2, -0.15) is 0 Å². The van der Waals surface area contributed by atoms with Crippen molar-refractivity contribution in [2.75, 3.05) is 20.2 Å². The smallest absolute Gasteiger partial charge is 0.234 e. The van der Waals surface area contributed by atoms with Crippen LogP contribution in [0.5, 0.6) is 5.75 Å². The molecule has 0 radical (unpaired) electrons. The van der Waals surface area contributed by atoms with Crippen LogP contribution in [0.15, 0.2) is 18.2 Å². The van der Waals surface area contributed by atoms with E-state index in [9.17, 15) is 9.18 Å². The summed E-state index contributed by atoms with van der Waals surface area (Å²) in [7, 11) is 1.43. The predicted molar refractivity (Wildman–Crippen MR) is 75.1 cm³/mol. The van der Waals surface area contributed by atoms with Crippen molar-refractivity contribution < 1.29 is 13.9 Å². The topological polar surface area (TPSA) is 50.4 Å². The van der Waals surface area contributed by atoms with Crippen LogP contribution in [0.4, 0.5) is 4.39 Å². The highest BCUT2D eigenvalue weighted by atomic mass is 19.1. The van der Waals surface area contributed by atoms with Gasteiger partial charge in [-0.3, -0.25) is 4.79 Å². The van der Waals surface area contributed by atoms with E-state index in [4.69, 9.17) is 4.74 Å². The normalized spacial score (nSPS) is 15.8. The van der Waals surface area contributed by atoms with E-state index in [1.165, 1.54) is 26.0 Å². The Hall–Kier alpha value is -1.62. The van der Waals surface area contributed by atoms with Gasteiger partial charge < -0.3 is 15.4 Å². The zero-order valence-corrected chi connectivity index (χ0v) is 11.9. The zero-order valence-electron chi connectivity index (χ0n) is 11.9. The lowest BCUT2D eigenvalue weighted by Gasteiger charge is -2.15. The van der Waals surface area contributed by atoms with E-state index in [1.807, 2.05) is 6.92 Å². The molecule has 1 amide bonds. The van der Waals surface area contributed by atoms with E-state index in [0.717, 1.165) is 18.0 Å². The quantitative estimate of drug-likeness (QED) is 0.803. The molecule has 2 rings (SSSR count). The summed E-state index contributed by atoms with van der Waals surface area (Å²) >= 11 is 0. The van der Waals surface area contributed by atoms with Gasteiger partial charge in [0.05, 0.1) is 19.7 Å². The second-order valence-electron chi connectivity index (χ2n) is 5.26. The number of hydrogen-bond acceptors (Lipinski definition) is 3. The van der Waals surface area contributed by atoms with Gasteiger partial charge in [-0.05, 0) is 49.9 Å². The highest BCUT2D eigenvalue weighted by molar-refractivity contribution is 5.78. The van der Waals surface area contributed by atoms with E-state index < -0.39 is 5.82 Å². The molecule has 0 aliphatic heterocycles. The van der Waals surface area contributed by atoms with Gasteiger partial charge in [0.1, 0.15) is 0 Å². The molecule has 0 bridgehead atoms. The van der Waals surface area contributed by atoms with Gasteiger partial charge in [0.15, 0.2) is 11.6 Å². The average molecular weight is 280 g/mol. The third kappa shape index (κ3) is 4.20. The fourth-order valence-electron chi connectivity index (χ4n) is 2.04. The first-order chi connectivity index (χ1) is 9.60. The van der Waals surface area contributed by atoms with Crippen LogP contribution in [0, 0.1) is 11.7 Å². The maximum Gasteiger partial charge on any atom is 0.234 e. The molecule has 110 valence electrons. The van der Waals surface area contributed by atoms with Crippen LogP contribution in [0.25, 0.3) is 0 Å². The van der Waals surface area contributed by atoms with Gasteiger partial charge in [0, 0.05) is 0 Å². The first-order valence-electron chi connectivity index (χ1n) is 6.93. The number of hydrogen-bond donors (Lipinski definition) is 2. The zero-order chi connectivity index (χ0) is 14.5. The Morgan fingerprint density at radius 1 is 1.50 bits per heavy atom. The van der Waals surface area contributed by atoms with Gasteiger partial charge in [0.2, 0.25) is 5.91 Å². The Bertz CT molecular complexity index is 475. The molecule has 1 aliphatic rings. The van der Waals surface area contributed by atoms with Crippen molar-refractivity contribution in [1.29, 1.82) is 0 Å². The van der Waals surface area contributed by atoms with Crippen LogP contribution in [0.3, 0.4) is 0 Å². The SMILES string of the molecule is COc1ccc(C(C)NC(=O)CNCC2CC2)cc1F. The molecule has 1 saturated carbocycles. The minimum absolute atomic E-state index is 0.0747. The number of ether oxygens (including phenoxy) is 1. The summed E-state index contributed by atoms with van der Waals surface area (Å²) in [5.74, 6) is 0.460. The summed E-state index contributed by atoms with van der Waals surface area (Å²) in [5, 5.41) is 5.97. The van der Waals surface area contributed by atoms with E-state index >= 15 is 0 Å². The molecule has 1 aliphatic carbocycles. The molecule has 0 spiro atoms. The summed E-state index contributed by atoms with van der Waals surface area (Å²) < 4.78 is 18.5. The fourth-order valence-corrected chi connectivity index (χ4v) is 2.04. The Kier molecular flexibility index (Phi) is 4.95. The summed E-state index contributed by atoms with van der Waals surface area (Å²) in [6.45, 7) is 3.04. The van der Waals surface area contributed by atoms with Crippen LogP contribution in [-0.2, 0) is 4.79 Å². The van der Waals surface area contributed by atoms with Crippen LogP contribution in [0.1, 0.15) is 31.4 Å². The van der Waals surface area contributed by atoms with E-state index in [2.05, 4.69) is 10.6 Å². The highest BCUT2D eigenvalue weighted by Gasteiger charge is 2.20. The van der Waals surface area contributed by atoms with E-state index in [1.54, 1.807) is 12.1 Å². The molecule has 1 unspecified atom stereocenters. The standard InChI is InChI=1S/C15H21FN2O2/c1-10(12-5-6-14(20-2)13(16)7-12)18-15(19)9-17-8-11-3-4-11/h5-7,10-11,17H,3-4,8-9H2,1-2H3,(H,18,19). The lowest BCUT2D eigenvalue weighted by Crippen LogP contribution is -2.36. The molecule has 4 nitrogen and oxygen atoms in total. The number of methoxy groups -OCH3 is 1.